The molecule has 7 rings (SSSR count). The van der Waals surface area contributed by atoms with E-state index in [0.717, 1.165) is 12.8 Å². The average molecular weight is 610 g/mol. The molecular weight excluding hydrogens is 572 g/mol. The second kappa shape index (κ2) is 10.8. The molecule has 6 aliphatic rings. The Morgan fingerprint density at radius 3 is 2.45 bits per heavy atom. The van der Waals surface area contributed by atoms with Crippen molar-refractivity contribution in [1.29, 1.82) is 5.26 Å². The summed E-state index contributed by atoms with van der Waals surface area (Å²) in [5, 5.41) is 11.7. The standard InChI is InChI=1S/C32H37F2N5O5/c33-32(34)9-1-2-25(27(32)38-15-21(16-38)19-7-12-37(13-8-19)30(43)31(18-35)10-11-31)44-22-3-4-23-20(14-22)17-39(29(23)42)24-5-6-26(40)36-28(24)41/h3-4,14,19,21,24-25,27H,1-2,5-13,15-17H2,(H,36,40,41)/t24?,25-,27+/m0/s1. The fraction of sp³-hybridized carbons (Fsp3) is 0.656. The molecule has 234 valence electrons. The highest BCUT2D eigenvalue weighted by atomic mass is 19.3. The average Bonchev–Trinajstić information content (AvgIpc) is 3.71. The van der Waals surface area contributed by atoms with E-state index in [1.54, 1.807) is 18.2 Å². The Bertz CT molecular complexity index is 1430. The number of amides is 4. The molecule has 44 heavy (non-hydrogen) atoms. The van der Waals surface area contributed by atoms with Gasteiger partial charge in [0.15, 0.2) is 0 Å². The summed E-state index contributed by atoms with van der Waals surface area (Å²) in [5.74, 6) is -2.98. The van der Waals surface area contributed by atoms with Crippen LogP contribution in [0.2, 0.25) is 0 Å². The monoisotopic (exact) mass is 609 g/mol. The normalized spacial score (nSPS) is 30.3. The van der Waals surface area contributed by atoms with Crippen LogP contribution in [0.25, 0.3) is 0 Å². The van der Waals surface area contributed by atoms with Crippen LogP contribution in [0.15, 0.2) is 18.2 Å². The first-order valence-corrected chi connectivity index (χ1v) is 15.9. The van der Waals surface area contributed by atoms with Crippen LogP contribution >= 0.6 is 0 Å². The zero-order valence-corrected chi connectivity index (χ0v) is 24.6. The van der Waals surface area contributed by atoms with Gasteiger partial charge >= 0.3 is 0 Å². The number of alkyl halides is 2. The number of nitrogens with one attached hydrogen (secondary N) is 1. The SMILES string of the molecule is N#CC1(C(=O)N2CCC(C3CN([C@@H]4[C@@H](Oc5ccc6c(c5)CN(C5CCC(=O)NC5=O)C6=O)CCCC4(F)F)C3)CC2)CC1. The van der Waals surface area contributed by atoms with Crippen molar-refractivity contribution in [2.24, 2.45) is 17.3 Å². The highest BCUT2D eigenvalue weighted by Crippen LogP contribution is 2.48. The van der Waals surface area contributed by atoms with Gasteiger partial charge in [-0.1, -0.05) is 0 Å². The number of fused-ring (bicyclic) bond motifs is 1. The predicted molar refractivity (Wildman–Crippen MR) is 151 cm³/mol. The number of hydrogen-bond donors (Lipinski definition) is 1. The molecule has 5 fully saturated rings. The molecule has 2 saturated carbocycles. The Hall–Kier alpha value is -3.59. The lowest BCUT2D eigenvalue weighted by molar-refractivity contribution is -0.172. The van der Waals surface area contributed by atoms with Gasteiger partial charge in [0.1, 0.15) is 29.4 Å². The molecule has 3 atom stereocenters. The minimum Gasteiger partial charge on any atom is -0.489 e. The molecule has 0 aromatic heterocycles. The van der Waals surface area contributed by atoms with E-state index in [0.29, 0.717) is 80.6 Å². The van der Waals surface area contributed by atoms with Crippen molar-refractivity contribution in [2.45, 2.75) is 88.4 Å². The van der Waals surface area contributed by atoms with Crippen molar-refractivity contribution in [3.05, 3.63) is 29.3 Å². The van der Waals surface area contributed by atoms with Crippen molar-refractivity contribution < 1.29 is 32.7 Å². The van der Waals surface area contributed by atoms with Crippen LogP contribution in [0.5, 0.6) is 5.75 Å². The zero-order valence-electron chi connectivity index (χ0n) is 24.6. The lowest BCUT2D eigenvalue weighted by Gasteiger charge is -2.53. The topological polar surface area (TPSA) is 123 Å². The fourth-order valence-electron chi connectivity index (χ4n) is 7.99. The van der Waals surface area contributed by atoms with Crippen molar-refractivity contribution in [3.63, 3.8) is 0 Å². The molecule has 1 aromatic carbocycles. The first-order valence-electron chi connectivity index (χ1n) is 15.9. The molecule has 0 spiro atoms. The van der Waals surface area contributed by atoms with Crippen LogP contribution in [0, 0.1) is 28.6 Å². The summed E-state index contributed by atoms with van der Waals surface area (Å²) in [6, 6.07) is 5.40. The minimum absolute atomic E-state index is 0.0462. The Morgan fingerprint density at radius 1 is 1.02 bits per heavy atom. The number of nitriles is 1. The maximum atomic E-state index is 15.4. The summed E-state index contributed by atoms with van der Waals surface area (Å²) in [5.41, 5.74) is 0.321. The van der Waals surface area contributed by atoms with E-state index in [1.807, 2.05) is 9.80 Å². The number of carbonyl (C=O) groups excluding carboxylic acids is 4. The predicted octanol–water partition coefficient (Wildman–Crippen LogP) is 2.86. The molecule has 0 bridgehead atoms. The number of piperidine rings is 2. The van der Waals surface area contributed by atoms with E-state index in [2.05, 4.69) is 11.4 Å². The molecule has 10 nitrogen and oxygen atoms in total. The van der Waals surface area contributed by atoms with E-state index in [4.69, 9.17) is 4.74 Å². The summed E-state index contributed by atoms with van der Waals surface area (Å²) in [6.07, 6.45) is 3.35. The summed E-state index contributed by atoms with van der Waals surface area (Å²) in [7, 11) is 0. The molecule has 4 heterocycles. The smallest absolute Gasteiger partial charge is 0.266 e. The maximum Gasteiger partial charge on any atom is 0.266 e. The number of carbonyl (C=O) groups is 4. The van der Waals surface area contributed by atoms with Crippen molar-refractivity contribution in [2.75, 3.05) is 26.2 Å². The second-order valence-corrected chi connectivity index (χ2v) is 13.5. The number of rotatable bonds is 6. The first kappa shape index (κ1) is 29.1. The Balaban J connectivity index is 0.977. The summed E-state index contributed by atoms with van der Waals surface area (Å²) in [4.78, 5) is 54.9. The molecule has 2 aliphatic carbocycles. The molecule has 1 aromatic rings. The lowest BCUT2D eigenvalue weighted by Crippen LogP contribution is -2.66. The van der Waals surface area contributed by atoms with Gasteiger partial charge in [-0.25, -0.2) is 8.78 Å². The molecule has 4 aliphatic heterocycles. The zero-order chi connectivity index (χ0) is 30.8. The van der Waals surface area contributed by atoms with Crippen LogP contribution in [-0.4, -0.2) is 88.6 Å². The maximum absolute atomic E-state index is 15.4. The minimum atomic E-state index is -2.89. The van der Waals surface area contributed by atoms with E-state index < -0.39 is 35.4 Å². The second-order valence-electron chi connectivity index (χ2n) is 13.5. The number of benzene rings is 1. The van der Waals surface area contributed by atoms with Gasteiger partial charge in [-0.3, -0.25) is 29.4 Å². The molecule has 4 amide bonds. The molecule has 3 saturated heterocycles. The highest BCUT2D eigenvalue weighted by Gasteiger charge is 2.56. The molecule has 1 N–H and O–H groups in total. The van der Waals surface area contributed by atoms with Gasteiger partial charge in [0.25, 0.3) is 11.8 Å². The van der Waals surface area contributed by atoms with Gasteiger partial charge in [-0.15, -0.1) is 0 Å². The third kappa shape index (κ3) is 5.03. The Kier molecular flexibility index (Phi) is 7.15. The lowest BCUT2D eigenvalue weighted by atomic mass is 9.76. The molecule has 12 heteroatoms. The summed E-state index contributed by atoms with van der Waals surface area (Å²) >= 11 is 0. The number of likely N-dealkylation sites (tertiary alicyclic amines) is 2. The third-order valence-corrected chi connectivity index (χ3v) is 10.8. The number of ether oxygens (including phenoxy) is 1. The number of imide groups is 1. The highest BCUT2D eigenvalue weighted by molar-refractivity contribution is 6.05. The number of hydrogen-bond acceptors (Lipinski definition) is 7. The van der Waals surface area contributed by atoms with Crippen LogP contribution in [0.1, 0.15) is 73.7 Å². The van der Waals surface area contributed by atoms with Crippen molar-refractivity contribution in [3.8, 4) is 11.8 Å². The Morgan fingerprint density at radius 2 is 1.77 bits per heavy atom. The quantitative estimate of drug-likeness (QED) is 0.492. The van der Waals surface area contributed by atoms with Crippen LogP contribution < -0.4 is 10.1 Å². The van der Waals surface area contributed by atoms with Crippen LogP contribution in [0.4, 0.5) is 8.78 Å². The van der Waals surface area contributed by atoms with E-state index in [-0.39, 0.29) is 43.5 Å². The molecule has 0 radical (unpaired) electrons. The van der Waals surface area contributed by atoms with Gasteiger partial charge in [0.05, 0.1) is 6.07 Å². The summed E-state index contributed by atoms with van der Waals surface area (Å²) in [6.45, 7) is 2.58. The first-order chi connectivity index (χ1) is 21.1. The van der Waals surface area contributed by atoms with Gasteiger partial charge in [0, 0.05) is 51.1 Å². The number of nitrogens with zero attached hydrogens (tertiary/aromatic N) is 4. The van der Waals surface area contributed by atoms with Gasteiger partial charge in [0.2, 0.25) is 17.7 Å². The van der Waals surface area contributed by atoms with Crippen LogP contribution in [0.3, 0.4) is 0 Å². The summed E-state index contributed by atoms with van der Waals surface area (Å²) < 4.78 is 37.1. The molecular formula is C32H37F2N5O5. The fourth-order valence-corrected chi connectivity index (χ4v) is 7.99. The largest absolute Gasteiger partial charge is 0.489 e. The van der Waals surface area contributed by atoms with Gasteiger partial charge in [-0.2, -0.15) is 5.26 Å². The third-order valence-electron chi connectivity index (χ3n) is 10.8. The van der Waals surface area contributed by atoms with Gasteiger partial charge < -0.3 is 14.5 Å². The molecule has 1 unspecified atom stereocenters. The van der Waals surface area contributed by atoms with Crippen molar-refractivity contribution >= 4 is 23.6 Å². The van der Waals surface area contributed by atoms with Crippen molar-refractivity contribution in [1.82, 2.24) is 20.0 Å². The van der Waals surface area contributed by atoms with E-state index in [9.17, 15) is 24.4 Å². The van der Waals surface area contributed by atoms with Gasteiger partial charge in [-0.05, 0) is 80.5 Å². The number of halogens is 2. The van der Waals surface area contributed by atoms with E-state index >= 15 is 8.78 Å². The van der Waals surface area contributed by atoms with Crippen LogP contribution in [-0.2, 0) is 20.9 Å². The Labute approximate surface area is 254 Å². The van der Waals surface area contributed by atoms with E-state index in [1.165, 1.54) is 4.90 Å².